The van der Waals surface area contributed by atoms with Crippen LogP contribution in [0.3, 0.4) is 0 Å². The van der Waals surface area contributed by atoms with Gasteiger partial charge in [0.05, 0.1) is 4.91 Å². The van der Waals surface area contributed by atoms with E-state index in [4.69, 9.17) is 28.9 Å². The zero-order valence-corrected chi connectivity index (χ0v) is 15.7. The summed E-state index contributed by atoms with van der Waals surface area (Å²) in [5.74, 6) is -3.06. The average molecular weight is 412 g/mol. The number of amides is 1. The molecule has 0 aromatic heterocycles. The van der Waals surface area contributed by atoms with E-state index >= 15 is 0 Å². The van der Waals surface area contributed by atoms with Crippen molar-refractivity contribution in [2.75, 3.05) is 0 Å². The Kier molecular flexibility index (Phi) is 6.96. The Labute approximate surface area is 164 Å². The van der Waals surface area contributed by atoms with Gasteiger partial charge >= 0.3 is 11.9 Å². The third-order valence-electron chi connectivity index (χ3n) is 3.43. The summed E-state index contributed by atoms with van der Waals surface area (Å²) >= 11 is 12.2. The van der Waals surface area contributed by atoms with Gasteiger partial charge in [-0.3, -0.25) is 14.5 Å². The fourth-order valence-corrected chi connectivity index (χ4v) is 3.89. The number of halogens is 1. The molecule has 0 bridgehead atoms. The van der Waals surface area contributed by atoms with Crippen LogP contribution in [0.5, 0.6) is 0 Å². The van der Waals surface area contributed by atoms with Crippen LogP contribution in [0.1, 0.15) is 18.4 Å². The first-order valence-corrected chi connectivity index (χ1v) is 9.03. The maximum absolute atomic E-state index is 12.5. The third-order valence-corrected chi connectivity index (χ3v) is 4.97. The van der Waals surface area contributed by atoms with Gasteiger partial charge in [0.25, 0.3) is 5.91 Å². The van der Waals surface area contributed by atoms with Gasteiger partial charge in [-0.15, -0.1) is 0 Å². The van der Waals surface area contributed by atoms with Crippen LogP contribution in [0.2, 0.25) is 0 Å². The van der Waals surface area contributed by atoms with Crippen LogP contribution in [-0.2, 0) is 14.4 Å². The highest BCUT2D eigenvalue weighted by molar-refractivity contribution is 8.26. The molecule has 0 aliphatic carbocycles. The van der Waals surface area contributed by atoms with E-state index in [9.17, 15) is 19.5 Å². The van der Waals surface area contributed by atoms with Crippen molar-refractivity contribution in [1.82, 2.24) is 4.90 Å². The third kappa shape index (κ3) is 5.17. The van der Waals surface area contributed by atoms with E-state index in [0.29, 0.717) is 0 Å². The van der Waals surface area contributed by atoms with Crippen LogP contribution in [0, 0.1) is 0 Å². The Hall–Kier alpha value is -2.16. The summed E-state index contributed by atoms with van der Waals surface area (Å²) in [6, 6.07) is 7.90. The van der Waals surface area contributed by atoms with Gasteiger partial charge in [-0.2, -0.15) is 0 Å². The number of carboxylic acid groups (broad SMARTS) is 2. The summed E-state index contributed by atoms with van der Waals surface area (Å²) in [7, 11) is 0. The van der Waals surface area contributed by atoms with E-state index in [1.54, 1.807) is 6.08 Å². The average Bonchev–Trinajstić information content (AvgIpc) is 2.83. The number of hydrogen-bond acceptors (Lipinski definition) is 5. The molecule has 0 spiro atoms. The van der Waals surface area contributed by atoms with Crippen molar-refractivity contribution in [2.24, 2.45) is 0 Å². The van der Waals surface area contributed by atoms with Gasteiger partial charge in [0.1, 0.15) is 10.4 Å². The van der Waals surface area contributed by atoms with Crippen molar-refractivity contribution in [3.8, 4) is 0 Å². The van der Waals surface area contributed by atoms with Crippen LogP contribution < -0.4 is 0 Å². The van der Waals surface area contributed by atoms with E-state index < -0.39 is 23.9 Å². The number of thiocarbonyl (C=S) groups is 1. The summed E-state index contributed by atoms with van der Waals surface area (Å²) in [5, 5.41) is 18.4. The second kappa shape index (κ2) is 8.98. The first-order chi connectivity index (χ1) is 12.3. The predicted octanol–water partition coefficient (Wildman–Crippen LogP) is 3.33. The maximum Gasteiger partial charge on any atom is 0.326 e. The Bertz CT molecular complexity index is 807. The van der Waals surface area contributed by atoms with Crippen LogP contribution in [0.25, 0.3) is 6.08 Å². The van der Waals surface area contributed by atoms with E-state index in [2.05, 4.69) is 0 Å². The molecule has 1 amide bonds. The van der Waals surface area contributed by atoms with Crippen molar-refractivity contribution < 1.29 is 24.6 Å². The largest absolute Gasteiger partial charge is 0.481 e. The van der Waals surface area contributed by atoms with Crippen LogP contribution in [0.4, 0.5) is 0 Å². The van der Waals surface area contributed by atoms with E-state index in [1.807, 2.05) is 30.3 Å². The number of hydrogen-bond donors (Lipinski definition) is 2. The minimum absolute atomic E-state index is 0.0585. The highest BCUT2D eigenvalue weighted by Gasteiger charge is 2.40. The molecule has 1 aliphatic heterocycles. The quantitative estimate of drug-likeness (QED) is 0.524. The SMILES string of the molecule is O=C(O)CC[C@H](C(=O)O)N1C(=O)/C(=C/C(Cl)=C/c2ccccc2)SC1=S. The lowest BCUT2D eigenvalue weighted by Crippen LogP contribution is -2.44. The highest BCUT2D eigenvalue weighted by atomic mass is 35.5. The molecule has 1 heterocycles. The number of carbonyl (C=O) groups excluding carboxylic acids is 1. The zero-order valence-electron chi connectivity index (χ0n) is 13.3. The maximum atomic E-state index is 12.5. The van der Waals surface area contributed by atoms with Crippen molar-refractivity contribution >= 4 is 63.8 Å². The highest BCUT2D eigenvalue weighted by Crippen LogP contribution is 2.35. The number of carboxylic acids is 2. The monoisotopic (exact) mass is 411 g/mol. The van der Waals surface area contributed by atoms with Crippen LogP contribution >= 0.6 is 35.6 Å². The lowest BCUT2D eigenvalue weighted by atomic mass is 10.1. The molecule has 136 valence electrons. The smallest absolute Gasteiger partial charge is 0.326 e. The predicted molar refractivity (Wildman–Crippen MR) is 104 cm³/mol. The van der Waals surface area contributed by atoms with Crippen molar-refractivity contribution in [3.05, 3.63) is 51.9 Å². The molecule has 1 fully saturated rings. The van der Waals surface area contributed by atoms with Gasteiger partial charge in [0.2, 0.25) is 0 Å². The van der Waals surface area contributed by atoms with Gasteiger partial charge in [-0.1, -0.05) is 65.9 Å². The fourth-order valence-electron chi connectivity index (χ4n) is 2.25. The van der Waals surface area contributed by atoms with E-state index in [0.717, 1.165) is 22.2 Å². The van der Waals surface area contributed by atoms with Crippen molar-refractivity contribution in [1.29, 1.82) is 0 Å². The van der Waals surface area contributed by atoms with Crippen LogP contribution in [0.15, 0.2) is 46.3 Å². The van der Waals surface area contributed by atoms with Crippen molar-refractivity contribution in [3.63, 3.8) is 0 Å². The Morgan fingerprint density at radius 2 is 1.92 bits per heavy atom. The molecule has 1 atom stereocenters. The first kappa shape index (κ1) is 20.2. The normalized spacial score (nSPS) is 17.7. The Morgan fingerprint density at radius 1 is 1.27 bits per heavy atom. The topological polar surface area (TPSA) is 94.9 Å². The van der Waals surface area contributed by atoms with Gasteiger partial charge in [-0.05, 0) is 24.1 Å². The molecular weight excluding hydrogens is 398 g/mol. The number of benzene rings is 1. The molecule has 0 unspecified atom stereocenters. The number of aliphatic carboxylic acids is 2. The summed E-state index contributed by atoms with van der Waals surface area (Å²) in [6.07, 6.45) is 2.46. The number of rotatable bonds is 7. The molecule has 1 aliphatic rings. The number of nitrogens with zero attached hydrogens (tertiary/aromatic N) is 1. The zero-order chi connectivity index (χ0) is 19.3. The van der Waals surface area contributed by atoms with Crippen LogP contribution in [-0.4, -0.2) is 43.3 Å². The van der Waals surface area contributed by atoms with Gasteiger partial charge < -0.3 is 10.2 Å². The molecule has 1 aromatic rings. The summed E-state index contributed by atoms with van der Waals surface area (Å²) in [5.41, 5.74) is 0.842. The molecule has 26 heavy (non-hydrogen) atoms. The number of allylic oxidation sites excluding steroid dienone is 2. The molecule has 1 aromatic carbocycles. The molecule has 1 saturated heterocycles. The Balaban J connectivity index is 2.22. The lowest BCUT2D eigenvalue weighted by molar-refractivity contribution is -0.146. The second-order valence-corrected chi connectivity index (χ2v) is 7.39. The lowest BCUT2D eigenvalue weighted by Gasteiger charge is -2.22. The molecule has 0 radical (unpaired) electrons. The fraction of sp³-hybridized carbons (Fsp3) is 0.176. The van der Waals surface area contributed by atoms with Gasteiger partial charge in [-0.25, -0.2) is 4.79 Å². The molecular formula is C17H14ClNO5S2. The van der Waals surface area contributed by atoms with Gasteiger partial charge in [0, 0.05) is 11.5 Å². The summed E-state index contributed by atoms with van der Waals surface area (Å²) in [6.45, 7) is 0. The standard InChI is InChI=1S/C17H14ClNO5S2/c18-11(8-10-4-2-1-3-5-10)9-13-15(22)19(17(25)26-13)12(16(23)24)6-7-14(20)21/h1-5,8-9,12H,6-7H2,(H,20,21)(H,23,24)/b11-8-,13-9-/t12-/m1/s1. The van der Waals surface area contributed by atoms with E-state index in [1.165, 1.54) is 6.08 Å². The molecule has 0 saturated carbocycles. The summed E-state index contributed by atoms with van der Waals surface area (Å²) in [4.78, 5) is 35.8. The van der Waals surface area contributed by atoms with Gasteiger partial charge in [0.15, 0.2) is 0 Å². The first-order valence-electron chi connectivity index (χ1n) is 7.43. The Morgan fingerprint density at radius 3 is 2.50 bits per heavy atom. The number of thioether (sulfide) groups is 1. The molecule has 2 rings (SSSR count). The van der Waals surface area contributed by atoms with Crippen molar-refractivity contribution in [2.45, 2.75) is 18.9 Å². The van der Waals surface area contributed by atoms with E-state index in [-0.39, 0.29) is 27.1 Å². The molecule has 9 heteroatoms. The number of carbonyl (C=O) groups is 3. The second-order valence-electron chi connectivity index (χ2n) is 5.28. The molecule has 6 nitrogen and oxygen atoms in total. The summed E-state index contributed by atoms with van der Waals surface area (Å²) < 4.78 is 0.0585. The minimum Gasteiger partial charge on any atom is -0.481 e. The molecule has 2 N–H and O–H groups in total. The minimum atomic E-state index is -1.33.